The molecule has 6 nitrogen and oxygen atoms in total. The summed E-state index contributed by atoms with van der Waals surface area (Å²) in [7, 11) is 4.60. The van der Waals surface area contributed by atoms with Gasteiger partial charge in [0.05, 0.1) is 19.8 Å². The molecule has 0 saturated carbocycles. The third-order valence-electron chi connectivity index (χ3n) is 5.48. The molecule has 164 valence electrons. The van der Waals surface area contributed by atoms with Gasteiger partial charge >= 0.3 is 6.18 Å². The number of carbonyl (C=O) groups excluding carboxylic acids is 1. The quantitative estimate of drug-likeness (QED) is 0.704. The first-order chi connectivity index (χ1) is 14.2. The van der Waals surface area contributed by atoms with E-state index in [0.29, 0.717) is 19.0 Å². The number of nitrogens with zero attached hydrogens (tertiary/aromatic N) is 3. The van der Waals surface area contributed by atoms with Crippen LogP contribution in [0.5, 0.6) is 11.5 Å². The van der Waals surface area contributed by atoms with Crippen LogP contribution >= 0.6 is 0 Å². The molecule has 0 radical (unpaired) electrons. The average Bonchev–Trinajstić information content (AvgIpc) is 3.14. The van der Waals surface area contributed by atoms with Gasteiger partial charge in [-0.25, -0.2) is 0 Å². The molecule has 2 heterocycles. The molecule has 0 spiro atoms. The minimum absolute atomic E-state index is 0.382. The minimum atomic E-state index is -4.65. The molecule has 30 heavy (non-hydrogen) atoms. The number of benzene rings is 1. The molecule has 0 unspecified atom stereocenters. The van der Waals surface area contributed by atoms with Crippen molar-refractivity contribution in [3.8, 4) is 11.5 Å². The van der Waals surface area contributed by atoms with Crippen molar-refractivity contribution < 1.29 is 27.4 Å². The van der Waals surface area contributed by atoms with E-state index in [-0.39, 0.29) is 5.56 Å². The van der Waals surface area contributed by atoms with E-state index in [2.05, 4.69) is 5.10 Å². The van der Waals surface area contributed by atoms with E-state index in [0.717, 1.165) is 53.6 Å². The molecule has 0 bridgehead atoms. The largest absolute Gasteiger partial charge is 0.497 e. The molecule has 0 aliphatic carbocycles. The van der Waals surface area contributed by atoms with E-state index in [1.165, 1.54) is 11.9 Å². The molecular weight excluding hydrogens is 399 g/mol. The van der Waals surface area contributed by atoms with Crippen molar-refractivity contribution in [1.82, 2.24) is 14.7 Å². The van der Waals surface area contributed by atoms with Gasteiger partial charge in [0.2, 0.25) is 0 Å². The molecule has 0 atom stereocenters. The van der Waals surface area contributed by atoms with Gasteiger partial charge in [-0.05, 0) is 49.3 Å². The van der Waals surface area contributed by atoms with Gasteiger partial charge in [0, 0.05) is 32.4 Å². The number of aromatic nitrogens is 2. The van der Waals surface area contributed by atoms with E-state index >= 15 is 0 Å². The lowest BCUT2D eigenvalue weighted by molar-refractivity contribution is -0.141. The monoisotopic (exact) mass is 425 g/mol. The summed E-state index contributed by atoms with van der Waals surface area (Å²) < 4.78 is 51.1. The fourth-order valence-corrected chi connectivity index (χ4v) is 3.83. The Morgan fingerprint density at radius 3 is 2.27 bits per heavy atom. The van der Waals surface area contributed by atoms with Crippen LogP contribution in [0.1, 0.15) is 40.9 Å². The summed E-state index contributed by atoms with van der Waals surface area (Å²) in [5.41, 5.74) is -0.397. The molecule has 1 amide bonds. The molecular formula is C21H26F3N3O3. The van der Waals surface area contributed by atoms with E-state index in [4.69, 9.17) is 9.47 Å². The number of halogens is 3. The SMILES string of the molecule is COc1cc(CCC2CCN(C(=O)c3cn(C)nc3C(F)(F)F)CC2)cc(OC)c1. The Morgan fingerprint density at radius 1 is 1.13 bits per heavy atom. The number of hydrogen-bond acceptors (Lipinski definition) is 4. The highest BCUT2D eigenvalue weighted by Crippen LogP contribution is 2.32. The third kappa shape index (κ3) is 5.06. The van der Waals surface area contributed by atoms with Crippen molar-refractivity contribution in [2.24, 2.45) is 13.0 Å². The number of carbonyl (C=O) groups is 1. The van der Waals surface area contributed by atoms with E-state index in [9.17, 15) is 18.0 Å². The van der Waals surface area contributed by atoms with Crippen LogP contribution in [0, 0.1) is 5.92 Å². The lowest BCUT2D eigenvalue weighted by Crippen LogP contribution is -2.39. The number of hydrogen-bond donors (Lipinski definition) is 0. The number of methoxy groups -OCH3 is 2. The highest BCUT2D eigenvalue weighted by Gasteiger charge is 2.40. The van der Waals surface area contributed by atoms with E-state index in [1.54, 1.807) is 14.2 Å². The van der Waals surface area contributed by atoms with Crippen molar-refractivity contribution in [2.45, 2.75) is 31.9 Å². The molecule has 3 rings (SSSR count). The van der Waals surface area contributed by atoms with Gasteiger partial charge in [-0.15, -0.1) is 0 Å². The van der Waals surface area contributed by atoms with Crippen LogP contribution in [0.2, 0.25) is 0 Å². The highest BCUT2D eigenvalue weighted by molar-refractivity contribution is 5.95. The first kappa shape index (κ1) is 22.0. The van der Waals surface area contributed by atoms with Crippen molar-refractivity contribution in [3.63, 3.8) is 0 Å². The van der Waals surface area contributed by atoms with Crippen molar-refractivity contribution >= 4 is 5.91 Å². The zero-order valence-corrected chi connectivity index (χ0v) is 17.3. The van der Waals surface area contributed by atoms with Crippen molar-refractivity contribution in [1.29, 1.82) is 0 Å². The van der Waals surface area contributed by atoms with Crippen molar-refractivity contribution in [2.75, 3.05) is 27.3 Å². The summed E-state index contributed by atoms with van der Waals surface area (Å²) in [5, 5.41) is 3.43. The molecule has 1 aromatic carbocycles. The number of ether oxygens (including phenoxy) is 2. The second-order valence-electron chi connectivity index (χ2n) is 7.56. The van der Waals surface area contributed by atoms with Crippen LogP contribution in [0.3, 0.4) is 0 Å². The zero-order chi connectivity index (χ0) is 21.9. The number of piperidine rings is 1. The minimum Gasteiger partial charge on any atom is -0.497 e. The molecule has 1 aromatic heterocycles. The van der Waals surface area contributed by atoms with Gasteiger partial charge in [0.25, 0.3) is 5.91 Å². The highest BCUT2D eigenvalue weighted by atomic mass is 19.4. The van der Waals surface area contributed by atoms with Gasteiger partial charge in [0.1, 0.15) is 11.5 Å². The van der Waals surface area contributed by atoms with Crippen LogP contribution in [-0.4, -0.2) is 47.9 Å². The summed E-state index contributed by atoms with van der Waals surface area (Å²) in [4.78, 5) is 14.1. The van der Waals surface area contributed by atoms with Crippen molar-refractivity contribution in [3.05, 3.63) is 41.2 Å². The Bertz CT molecular complexity index is 865. The van der Waals surface area contributed by atoms with Crippen LogP contribution in [0.25, 0.3) is 0 Å². The Hall–Kier alpha value is -2.71. The third-order valence-corrected chi connectivity index (χ3v) is 5.48. The lowest BCUT2D eigenvalue weighted by Gasteiger charge is -2.32. The van der Waals surface area contributed by atoms with Crippen LogP contribution in [-0.2, 0) is 19.6 Å². The number of amides is 1. The van der Waals surface area contributed by atoms with Crippen LogP contribution in [0.4, 0.5) is 13.2 Å². The number of rotatable bonds is 6. The standard InChI is InChI=1S/C21H26F3N3O3/c1-26-13-18(19(25-26)21(22,23)24)20(28)27-8-6-14(7-9-27)4-5-15-10-16(29-2)12-17(11-15)30-3/h10-14H,4-9H2,1-3H3. The summed E-state index contributed by atoms with van der Waals surface area (Å²) in [5.74, 6) is 1.28. The predicted octanol–water partition coefficient (Wildman–Crippen LogP) is 3.94. The van der Waals surface area contributed by atoms with Crippen LogP contribution < -0.4 is 9.47 Å². The fourth-order valence-electron chi connectivity index (χ4n) is 3.83. The topological polar surface area (TPSA) is 56.6 Å². The fraction of sp³-hybridized carbons (Fsp3) is 0.524. The Labute approximate surface area is 173 Å². The van der Waals surface area contributed by atoms with Gasteiger partial charge in [0.15, 0.2) is 5.69 Å². The first-order valence-corrected chi connectivity index (χ1v) is 9.83. The first-order valence-electron chi connectivity index (χ1n) is 9.83. The zero-order valence-electron chi connectivity index (χ0n) is 17.3. The Morgan fingerprint density at radius 2 is 1.73 bits per heavy atom. The maximum Gasteiger partial charge on any atom is 0.435 e. The van der Waals surface area contributed by atoms with Gasteiger partial charge < -0.3 is 14.4 Å². The van der Waals surface area contributed by atoms with Gasteiger partial charge in [-0.1, -0.05) is 0 Å². The maximum absolute atomic E-state index is 13.2. The molecule has 1 aliphatic rings. The summed E-state index contributed by atoms with van der Waals surface area (Å²) >= 11 is 0. The lowest BCUT2D eigenvalue weighted by atomic mass is 9.90. The molecule has 0 N–H and O–H groups in total. The normalized spacial score (nSPS) is 15.3. The molecule has 1 aliphatic heterocycles. The van der Waals surface area contributed by atoms with Crippen LogP contribution in [0.15, 0.2) is 24.4 Å². The smallest absolute Gasteiger partial charge is 0.435 e. The summed E-state index contributed by atoms with van der Waals surface area (Å²) in [6, 6.07) is 5.77. The summed E-state index contributed by atoms with van der Waals surface area (Å²) in [6.07, 6.45) is -0.218. The number of likely N-dealkylation sites (tertiary alicyclic amines) is 1. The van der Waals surface area contributed by atoms with E-state index < -0.39 is 17.8 Å². The molecule has 9 heteroatoms. The predicted molar refractivity (Wildman–Crippen MR) is 105 cm³/mol. The molecule has 2 aromatic rings. The molecule has 1 fully saturated rings. The van der Waals surface area contributed by atoms with Gasteiger partial charge in [-0.2, -0.15) is 18.3 Å². The number of alkyl halides is 3. The average molecular weight is 425 g/mol. The number of aryl methyl sites for hydroxylation is 2. The molecule has 1 saturated heterocycles. The van der Waals surface area contributed by atoms with E-state index in [1.807, 2.05) is 18.2 Å². The second kappa shape index (κ2) is 8.97. The van der Waals surface area contributed by atoms with Gasteiger partial charge in [-0.3, -0.25) is 9.48 Å². The second-order valence-corrected chi connectivity index (χ2v) is 7.56. The Balaban J connectivity index is 1.57. The summed E-state index contributed by atoms with van der Waals surface area (Å²) in [6.45, 7) is 0.883. The maximum atomic E-state index is 13.2. The Kier molecular flexibility index (Phi) is 6.58.